The highest BCUT2D eigenvalue weighted by atomic mass is 35.5. The Kier molecular flexibility index (Phi) is 4.85. The number of aromatic nitrogens is 2. The third-order valence-corrected chi connectivity index (χ3v) is 4.70. The minimum absolute atomic E-state index is 0.0167. The molecule has 1 aromatic carbocycles. The van der Waals surface area contributed by atoms with Crippen molar-refractivity contribution in [3.05, 3.63) is 52.3 Å². The van der Waals surface area contributed by atoms with E-state index in [9.17, 15) is 9.59 Å². The summed E-state index contributed by atoms with van der Waals surface area (Å²) >= 11 is 6.16. The van der Waals surface area contributed by atoms with Gasteiger partial charge in [0.05, 0.1) is 18.2 Å². The van der Waals surface area contributed by atoms with Gasteiger partial charge in [0, 0.05) is 11.6 Å². The summed E-state index contributed by atoms with van der Waals surface area (Å²) in [4.78, 5) is 25.9. The fourth-order valence-electron chi connectivity index (χ4n) is 3.09. The number of primary amides is 1. The molecule has 3 rings (SSSR count). The van der Waals surface area contributed by atoms with Gasteiger partial charge < -0.3 is 10.6 Å². The van der Waals surface area contributed by atoms with Gasteiger partial charge in [-0.15, -0.1) is 0 Å². The number of amides is 2. The van der Waals surface area contributed by atoms with Crippen molar-refractivity contribution in [1.82, 2.24) is 15.1 Å². The van der Waals surface area contributed by atoms with E-state index in [2.05, 4.69) is 10.2 Å². The van der Waals surface area contributed by atoms with E-state index < -0.39 is 5.91 Å². The minimum atomic E-state index is -0.581. The Morgan fingerprint density at radius 1 is 1.33 bits per heavy atom. The first-order valence-electron chi connectivity index (χ1n) is 7.94. The molecule has 3 N–H and O–H groups in total. The summed E-state index contributed by atoms with van der Waals surface area (Å²) < 4.78 is 0. The Labute approximate surface area is 145 Å². The lowest BCUT2D eigenvalue weighted by Crippen LogP contribution is -2.39. The summed E-state index contributed by atoms with van der Waals surface area (Å²) in [5.41, 5.74) is 7.00. The van der Waals surface area contributed by atoms with Gasteiger partial charge in [0.1, 0.15) is 5.69 Å². The SMILES string of the molecule is NC(=O)c1cc([C@H]2CCCCN2C(=O)Cc2ccccc2Cl)[nH]n1. The molecule has 24 heavy (non-hydrogen) atoms. The molecular formula is C17H19ClN4O2. The first-order chi connectivity index (χ1) is 11.6. The van der Waals surface area contributed by atoms with E-state index in [0.717, 1.165) is 30.5 Å². The molecule has 1 fully saturated rings. The van der Waals surface area contributed by atoms with Crippen molar-refractivity contribution in [3.63, 3.8) is 0 Å². The highest BCUT2D eigenvalue weighted by Gasteiger charge is 2.29. The predicted octanol–water partition coefficient (Wildman–Crippen LogP) is 2.46. The number of carbonyl (C=O) groups is 2. The number of nitrogens with two attached hydrogens (primary N) is 1. The van der Waals surface area contributed by atoms with Gasteiger partial charge in [-0.25, -0.2) is 0 Å². The van der Waals surface area contributed by atoms with E-state index in [1.165, 1.54) is 0 Å². The van der Waals surface area contributed by atoms with Crippen molar-refractivity contribution in [2.75, 3.05) is 6.54 Å². The number of benzene rings is 1. The first-order valence-corrected chi connectivity index (χ1v) is 8.32. The first kappa shape index (κ1) is 16.5. The standard InChI is InChI=1S/C17H19ClN4O2/c18-12-6-2-1-5-11(12)9-16(23)22-8-4-3-7-15(22)13-10-14(17(19)24)21-20-13/h1-2,5-6,10,15H,3-4,7-9H2,(H2,19,24)(H,20,21)/t15-/m1/s1. The molecule has 0 aliphatic carbocycles. The van der Waals surface area contributed by atoms with Crippen LogP contribution in [0.4, 0.5) is 0 Å². The molecule has 2 heterocycles. The second-order valence-corrected chi connectivity index (χ2v) is 6.35. The number of hydrogen-bond donors (Lipinski definition) is 2. The number of piperidine rings is 1. The zero-order valence-electron chi connectivity index (χ0n) is 13.2. The topological polar surface area (TPSA) is 92.1 Å². The van der Waals surface area contributed by atoms with Crippen LogP contribution in [0.3, 0.4) is 0 Å². The summed E-state index contributed by atoms with van der Waals surface area (Å²) in [6, 6.07) is 8.88. The number of nitrogens with zero attached hydrogens (tertiary/aromatic N) is 2. The number of nitrogens with one attached hydrogen (secondary N) is 1. The van der Waals surface area contributed by atoms with E-state index >= 15 is 0 Å². The average molecular weight is 347 g/mol. The number of rotatable bonds is 4. The van der Waals surface area contributed by atoms with Crippen molar-refractivity contribution in [2.45, 2.75) is 31.7 Å². The molecule has 0 radical (unpaired) electrons. The van der Waals surface area contributed by atoms with Crippen molar-refractivity contribution >= 4 is 23.4 Å². The van der Waals surface area contributed by atoms with Gasteiger partial charge in [-0.1, -0.05) is 29.8 Å². The smallest absolute Gasteiger partial charge is 0.269 e. The van der Waals surface area contributed by atoms with Crippen LogP contribution in [0.2, 0.25) is 5.02 Å². The molecule has 0 bridgehead atoms. The zero-order valence-corrected chi connectivity index (χ0v) is 13.9. The van der Waals surface area contributed by atoms with E-state index in [0.29, 0.717) is 11.6 Å². The summed E-state index contributed by atoms with van der Waals surface area (Å²) in [6.07, 6.45) is 3.06. The van der Waals surface area contributed by atoms with Crippen molar-refractivity contribution in [1.29, 1.82) is 0 Å². The molecule has 1 aromatic heterocycles. The molecule has 0 spiro atoms. The van der Waals surface area contributed by atoms with Crippen LogP contribution in [0, 0.1) is 0 Å². The summed E-state index contributed by atoms with van der Waals surface area (Å²) in [6.45, 7) is 0.679. The summed E-state index contributed by atoms with van der Waals surface area (Å²) in [5, 5.41) is 7.36. The number of H-pyrrole nitrogens is 1. The zero-order chi connectivity index (χ0) is 17.1. The largest absolute Gasteiger partial charge is 0.364 e. The van der Waals surface area contributed by atoms with Crippen LogP contribution in [0.5, 0.6) is 0 Å². The van der Waals surface area contributed by atoms with Crippen LogP contribution >= 0.6 is 11.6 Å². The van der Waals surface area contributed by atoms with E-state index in [1.807, 2.05) is 23.1 Å². The van der Waals surface area contributed by atoms with E-state index in [4.69, 9.17) is 17.3 Å². The highest BCUT2D eigenvalue weighted by Crippen LogP contribution is 2.31. The molecule has 6 nitrogen and oxygen atoms in total. The van der Waals surface area contributed by atoms with Crippen LogP contribution in [0.25, 0.3) is 0 Å². The van der Waals surface area contributed by atoms with Crippen molar-refractivity contribution in [2.24, 2.45) is 5.73 Å². The van der Waals surface area contributed by atoms with Crippen LogP contribution in [-0.2, 0) is 11.2 Å². The second kappa shape index (κ2) is 7.05. The monoisotopic (exact) mass is 346 g/mol. The second-order valence-electron chi connectivity index (χ2n) is 5.94. The third-order valence-electron chi connectivity index (χ3n) is 4.33. The van der Waals surface area contributed by atoms with Crippen LogP contribution in [0.1, 0.15) is 47.1 Å². The third kappa shape index (κ3) is 3.43. The van der Waals surface area contributed by atoms with Gasteiger partial charge in [-0.05, 0) is 37.0 Å². The molecule has 1 atom stereocenters. The maximum Gasteiger partial charge on any atom is 0.269 e. The van der Waals surface area contributed by atoms with Gasteiger partial charge in [-0.3, -0.25) is 14.7 Å². The van der Waals surface area contributed by atoms with E-state index in [1.54, 1.807) is 12.1 Å². The van der Waals surface area contributed by atoms with Gasteiger partial charge in [0.25, 0.3) is 5.91 Å². The molecule has 1 aliphatic rings. The lowest BCUT2D eigenvalue weighted by Gasteiger charge is -2.35. The number of likely N-dealkylation sites (tertiary alicyclic amines) is 1. The Morgan fingerprint density at radius 2 is 2.12 bits per heavy atom. The summed E-state index contributed by atoms with van der Waals surface area (Å²) in [5.74, 6) is -0.565. The Bertz CT molecular complexity index is 759. The Balaban J connectivity index is 1.79. The number of carbonyl (C=O) groups excluding carboxylic acids is 2. The molecular weight excluding hydrogens is 328 g/mol. The average Bonchev–Trinajstić information content (AvgIpc) is 3.07. The molecule has 0 saturated carbocycles. The molecule has 1 saturated heterocycles. The number of aromatic amines is 1. The molecule has 7 heteroatoms. The van der Waals surface area contributed by atoms with Gasteiger partial charge in [-0.2, -0.15) is 5.10 Å². The van der Waals surface area contributed by atoms with Crippen molar-refractivity contribution in [3.8, 4) is 0 Å². The molecule has 2 aromatic rings. The number of halogens is 1. The van der Waals surface area contributed by atoms with Gasteiger partial charge >= 0.3 is 0 Å². The molecule has 126 valence electrons. The lowest BCUT2D eigenvalue weighted by molar-refractivity contribution is -0.134. The Morgan fingerprint density at radius 3 is 2.83 bits per heavy atom. The normalized spacial score (nSPS) is 17.7. The maximum absolute atomic E-state index is 12.8. The molecule has 0 unspecified atom stereocenters. The lowest BCUT2D eigenvalue weighted by atomic mass is 9.98. The fourth-order valence-corrected chi connectivity index (χ4v) is 3.30. The maximum atomic E-state index is 12.8. The summed E-state index contributed by atoms with van der Waals surface area (Å²) in [7, 11) is 0. The van der Waals surface area contributed by atoms with Crippen LogP contribution in [0.15, 0.2) is 30.3 Å². The predicted molar refractivity (Wildman–Crippen MR) is 90.6 cm³/mol. The fraction of sp³-hybridized carbons (Fsp3) is 0.353. The van der Waals surface area contributed by atoms with Crippen molar-refractivity contribution < 1.29 is 9.59 Å². The minimum Gasteiger partial charge on any atom is -0.364 e. The quantitative estimate of drug-likeness (QED) is 0.890. The van der Waals surface area contributed by atoms with E-state index in [-0.39, 0.29) is 24.1 Å². The van der Waals surface area contributed by atoms with Gasteiger partial charge in [0.15, 0.2) is 0 Å². The van der Waals surface area contributed by atoms with Crippen LogP contribution < -0.4 is 5.73 Å². The van der Waals surface area contributed by atoms with Gasteiger partial charge in [0.2, 0.25) is 5.91 Å². The Hall–Kier alpha value is -2.34. The van der Waals surface area contributed by atoms with Crippen LogP contribution in [-0.4, -0.2) is 33.5 Å². The molecule has 2 amide bonds. The highest BCUT2D eigenvalue weighted by molar-refractivity contribution is 6.31. The molecule has 1 aliphatic heterocycles. The number of hydrogen-bond acceptors (Lipinski definition) is 3.